The Morgan fingerprint density at radius 1 is 1.10 bits per heavy atom. The van der Waals surface area contributed by atoms with Gasteiger partial charge in [0.2, 0.25) is 17.7 Å². The van der Waals surface area contributed by atoms with Crippen LogP contribution in [-0.2, 0) is 11.2 Å². The number of rotatable bonds is 7. The predicted octanol–water partition coefficient (Wildman–Crippen LogP) is 5.16. The Morgan fingerprint density at radius 3 is 2.50 bits per heavy atom. The van der Waals surface area contributed by atoms with Crippen LogP contribution >= 0.6 is 0 Å². The topological polar surface area (TPSA) is 68.0 Å². The van der Waals surface area contributed by atoms with Crippen molar-refractivity contribution in [2.75, 3.05) is 0 Å². The average Bonchev–Trinajstić information content (AvgIpc) is 3.44. The van der Waals surface area contributed by atoms with Crippen molar-refractivity contribution in [2.24, 2.45) is 5.92 Å². The first-order chi connectivity index (χ1) is 14.6. The van der Waals surface area contributed by atoms with Crippen molar-refractivity contribution in [3.8, 4) is 11.5 Å². The van der Waals surface area contributed by atoms with Crippen molar-refractivity contribution in [2.45, 2.75) is 51.5 Å². The van der Waals surface area contributed by atoms with Crippen LogP contribution in [0.2, 0.25) is 0 Å². The minimum Gasteiger partial charge on any atom is -0.421 e. The zero-order valence-electron chi connectivity index (χ0n) is 17.1. The van der Waals surface area contributed by atoms with Crippen LogP contribution < -0.4 is 5.32 Å². The lowest BCUT2D eigenvalue weighted by atomic mass is 9.91. The minimum atomic E-state index is -0.268. The Kier molecular flexibility index (Phi) is 6.21. The lowest BCUT2D eigenvalue weighted by Crippen LogP contribution is -2.33. The monoisotopic (exact) mass is 407 g/mol. The molecule has 0 saturated heterocycles. The summed E-state index contributed by atoms with van der Waals surface area (Å²) in [5.74, 6) is 0.957. The molecule has 0 spiro atoms. The van der Waals surface area contributed by atoms with Gasteiger partial charge in [-0.15, -0.1) is 10.2 Å². The van der Waals surface area contributed by atoms with Crippen LogP contribution in [0.15, 0.2) is 52.9 Å². The third-order valence-electron chi connectivity index (χ3n) is 5.75. The molecule has 0 radical (unpaired) electrons. The number of benzene rings is 2. The molecule has 1 N–H and O–H groups in total. The molecular formula is C24H26FN3O2. The number of halogens is 1. The Labute approximate surface area is 175 Å². The fourth-order valence-electron chi connectivity index (χ4n) is 4.07. The molecule has 0 bridgehead atoms. The summed E-state index contributed by atoms with van der Waals surface area (Å²) in [6.45, 7) is 2.02. The number of hydrogen-bond donors (Lipinski definition) is 1. The molecule has 6 heteroatoms. The van der Waals surface area contributed by atoms with Crippen LogP contribution in [0, 0.1) is 18.7 Å². The second-order valence-electron chi connectivity index (χ2n) is 8.01. The molecule has 5 nitrogen and oxygen atoms in total. The van der Waals surface area contributed by atoms with Crippen molar-refractivity contribution in [1.29, 1.82) is 0 Å². The van der Waals surface area contributed by atoms with Gasteiger partial charge < -0.3 is 9.73 Å². The summed E-state index contributed by atoms with van der Waals surface area (Å²) in [7, 11) is 0. The highest BCUT2D eigenvalue weighted by molar-refractivity contribution is 5.76. The van der Waals surface area contributed by atoms with E-state index in [9.17, 15) is 9.18 Å². The molecule has 1 amide bonds. The molecule has 3 aromatic rings. The van der Waals surface area contributed by atoms with Crippen LogP contribution in [0.3, 0.4) is 0 Å². The number of amides is 1. The smallest absolute Gasteiger partial charge is 0.247 e. The Morgan fingerprint density at radius 2 is 1.80 bits per heavy atom. The fourth-order valence-corrected chi connectivity index (χ4v) is 4.07. The molecule has 1 aliphatic rings. The van der Waals surface area contributed by atoms with Crippen molar-refractivity contribution >= 4 is 5.91 Å². The normalized spacial score (nSPS) is 15.3. The van der Waals surface area contributed by atoms with Crippen LogP contribution in [0.4, 0.5) is 4.39 Å². The molecular weight excluding hydrogens is 381 g/mol. The average molecular weight is 407 g/mol. The molecule has 1 atom stereocenters. The maximum atomic E-state index is 13.3. The summed E-state index contributed by atoms with van der Waals surface area (Å²) in [5, 5.41) is 11.3. The van der Waals surface area contributed by atoms with Gasteiger partial charge in [0, 0.05) is 18.4 Å². The maximum Gasteiger partial charge on any atom is 0.247 e. The summed E-state index contributed by atoms with van der Waals surface area (Å²) in [6.07, 6.45) is 5.13. The van der Waals surface area contributed by atoms with Crippen molar-refractivity contribution in [1.82, 2.24) is 15.5 Å². The largest absolute Gasteiger partial charge is 0.421 e. The summed E-state index contributed by atoms with van der Waals surface area (Å²) in [5.41, 5.74) is 2.98. The van der Waals surface area contributed by atoms with Gasteiger partial charge in [0.25, 0.3) is 0 Å². The molecule has 1 fully saturated rings. The third-order valence-corrected chi connectivity index (χ3v) is 5.75. The number of aryl methyl sites for hydroxylation is 2. The van der Waals surface area contributed by atoms with Crippen molar-refractivity contribution in [3.05, 3.63) is 71.4 Å². The second-order valence-corrected chi connectivity index (χ2v) is 8.01. The number of aromatic nitrogens is 2. The van der Waals surface area contributed by atoms with E-state index in [1.165, 1.54) is 25.0 Å². The molecule has 1 aromatic heterocycles. The SMILES string of the molecule is Cc1ccc(-c2nnc(CCC(=O)N[C@@H](c3ccc(F)cc3)C3CCCC3)o2)cc1. The summed E-state index contributed by atoms with van der Waals surface area (Å²) < 4.78 is 19.1. The zero-order valence-corrected chi connectivity index (χ0v) is 17.1. The molecule has 30 heavy (non-hydrogen) atoms. The highest BCUT2D eigenvalue weighted by atomic mass is 19.1. The van der Waals surface area contributed by atoms with Gasteiger partial charge in [-0.1, -0.05) is 42.7 Å². The van der Waals surface area contributed by atoms with Gasteiger partial charge in [0.15, 0.2) is 0 Å². The predicted molar refractivity (Wildman–Crippen MR) is 112 cm³/mol. The van der Waals surface area contributed by atoms with E-state index in [4.69, 9.17) is 4.42 Å². The van der Waals surface area contributed by atoms with E-state index >= 15 is 0 Å². The minimum absolute atomic E-state index is 0.0636. The summed E-state index contributed by atoms with van der Waals surface area (Å²) in [6, 6.07) is 14.2. The maximum absolute atomic E-state index is 13.3. The summed E-state index contributed by atoms with van der Waals surface area (Å²) >= 11 is 0. The first-order valence-corrected chi connectivity index (χ1v) is 10.5. The van der Waals surface area contributed by atoms with Crippen LogP contribution in [0.1, 0.15) is 55.2 Å². The Bertz CT molecular complexity index is 976. The van der Waals surface area contributed by atoms with Gasteiger partial charge in [0.05, 0.1) is 6.04 Å². The second kappa shape index (κ2) is 9.20. The van der Waals surface area contributed by atoms with E-state index in [1.807, 2.05) is 31.2 Å². The number of nitrogens with zero attached hydrogens (tertiary/aromatic N) is 2. The van der Waals surface area contributed by atoms with Gasteiger partial charge >= 0.3 is 0 Å². The molecule has 0 aliphatic heterocycles. The van der Waals surface area contributed by atoms with E-state index < -0.39 is 0 Å². The fraction of sp³-hybridized carbons (Fsp3) is 0.375. The van der Waals surface area contributed by atoms with Crippen molar-refractivity contribution in [3.63, 3.8) is 0 Å². The van der Waals surface area contributed by atoms with Gasteiger partial charge in [0.1, 0.15) is 5.82 Å². The lowest BCUT2D eigenvalue weighted by molar-refractivity contribution is -0.122. The van der Waals surface area contributed by atoms with E-state index in [-0.39, 0.29) is 24.2 Å². The van der Waals surface area contributed by atoms with Crippen molar-refractivity contribution < 1.29 is 13.6 Å². The highest BCUT2D eigenvalue weighted by Gasteiger charge is 2.27. The lowest BCUT2D eigenvalue weighted by Gasteiger charge is -2.25. The van der Waals surface area contributed by atoms with Crippen LogP contribution in [0.25, 0.3) is 11.5 Å². The van der Waals surface area contributed by atoms with Gasteiger partial charge in [-0.25, -0.2) is 4.39 Å². The highest BCUT2D eigenvalue weighted by Crippen LogP contribution is 2.36. The summed E-state index contributed by atoms with van der Waals surface area (Å²) in [4.78, 5) is 12.7. The molecule has 2 aromatic carbocycles. The first-order valence-electron chi connectivity index (χ1n) is 10.5. The number of carbonyl (C=O) groups excluding carboxylic acids is 1. The first kappa shape index (κ1) is 20.3. The van der Waals surface area contributed by atoms with Gasteiger partial charge in [-0.3, -0.25) is 4.79 Å². The Hall–Kier alpha value is -3.02. The molecule has 156 valence electrons. The van der Waals surface area contributed by atoms with E-state index in [1.54, 1.807) is 12.1 Å². The van der Waals surface area contributed by atoms with Crippen LogP contribution in [0.5, 0.6) is 0 Å². The molecule has 4 rings (SSSR count). The molecule has 0 unspecified atom stereocenters. The van der Waals surface area contributed by atoms with E-state index in [0.29, 0.717) is 24.1 Å². The Balaban J connectivity index is 1.38. The standard InChI is InChI=1S/C24H26FN3O2/c1-16-6-8-19(9-7-16)24-28-27-22(30-24)15-14-21(29)26-23(17-4-2-3-5-17)18-10-12-20(25)13-11-18/h6-13,17,23H,2-5,14-15H2,1H3,(H,26,29)/t23-/m1/s1. The van der Waals surface area contributed by atoms with E-state index in [0.717, 1.165) is 29.5 Å². The van der Waals surface area contributed by atoms with Crippen LogP contribution in [-0.4, -0.2) is 16.1 Å². The molecule has 1 saturated carbocycles. The van der Waals surface area contributed by atoms with Gasteiger partial charge in [-0.2, -0.15) is 0 Å². The molecule has 1 heterocycles. The van der Waals surface area contributed by atoms with E-state index in [2.05, 4.69) is 15.5 Å². The number of nitrogens with one attached hydrogen (secondary N) is 1. The van der Waals surface area contributed by atoms with Gasteiger partial charge in [-0.05, 0) is 55.5 Å². The quantitative estimate of drug-likeness (QED) is 0.587. The number of hydrogen-bond acceptors (Lipinski definition) is 4. The third kappa shape index (κ3) is 4.93. The molecule has 1 aliphatic carbocycles. The number of carbonyl (C=O) groups is 1. The zero-order chi connectivity index (χ0) is 20.9.